The van der Waals surface area contributed by atoms with Crippen molar-refractivity contribution in [3.05, 3.63) is 35.4 Å². The predicted molar refractivity (Wildman–Crippen MR) is 63.9 cm³/mol. The van der Waals surface area contributed by atoms with E-state index < -0.39 is 11.7 Å². The van der Waals surface area contributed by atoms with Crippen molar-refractivity contribution in [1.29, 1.82) is 0 Å². The van der Waals surface area contributed by atoms with Crippen LogP contribution in [0.5, 0.6) is 0 Å². The van der Waals surface area contributed by atoms with Crippen molar-refractivity contribution in [2.75, 3.05) is 12.8 Å². The Kier molecular flexibility index (Phi) is 3.93. The fourth-order valence-corrected chi connectivity index (χ4v) is 1.26. The number of nitrogen functional groups attached to an aromatic ring is 1. The van der Waals surface area contributed by atoms with Crippen molar-refractivity contribution in [3.8, 4) is 0 Å². The third-order valence-corrected chi connectivity index (χ3v) is 2.24. The lowest BCUT2D eigenvalue weighted by atomic mass is 10.1. The van der Waals surface area contributed by atoms with Crippen LogP contribution in [0.1, 0.15) is 18.1 Å². The first kappa shape index (κ1) is 13.3. The fraction of sp³-hybridized carbons (Fsp3) is 0.250. The van der Waals surface area contributed by atoms with E-state index in [9.17, 15) is 13.2 Å². The van der Waals surface area contributed by atoms with E-state index in [1.807, 2.05) is 0 Å². The molecule has 0 spiro atoms. The van der Waals surface area contributed by atoms with E-state index in [1.165, 1.54) is 24.3 Å². The topological polar surface area (TPSA) is 38.4 Å². The molecule has 92 valence electrons. The molecule has 0 unspecified atom stereocenters. The summed E-state index contributed by atoms with van der Waals surface area (Å²) in [6, 6.07) is 3.51. The molecule has 0 aliphatic heterocycles. The number of hydrogen-bond acceptors (Lipinski definition) is 2. The summed E-state index contributed by atoms with van der Waals surface area (Å²) in [6.45, 7) is 1.70. The maximum Gasteiger partial charge on any atom is 0.416 e. The minimum absolute atomic E-state index is 0.0421. The highest BCUT2D eigenvalue weighted by Gasteiger charge is 2.32. The van der Waals surface area contributed by atoms with Gasteiger partial charge in [0.05, 0.1) is 5.56 Å². The zero-order valence-corrected chi connectivity index (χ0v) is 9.55. The van der Waals surface area contributed by atoms with Gasteiger partial charge in [-0.3, -0.25) is 4.99 Å². The number of alkyl halides is 3. The average Bonchev–Trinajstić information content (AvgIpc) is 2.24. The first-order valence-electron chi connectivity index (χ1n) is 4.93. The summed E-state index contributed by atoms with van der Waals surface area (Å²) in [6.07, 6.45) is -1.50. The van der Waals surface area contributed by atoms with Gasteiger partial charge < -0.3 is 5.73 Å². The van der Waals surface area contributed by atoms with Gasteiger partial charge >= 0.3 is 6.18 Å². The Balaban J connectivity index is 3.21. The highest BCUT2D eigenvalue weighted by atomic mass is 19.4. The Morgan fingerprint density at radius 2 is 2.00 bits per heavy atom. The molecule has 0 fully saturated rings. The van der Waals surface area contributed by atoms with Crippen LogP contribution in [-0.4, -0.2) is 12.8 Å². The van der Waals surface area contributed by atoms with Gasteiger partial charge in [-0.25, -0.2) is 0 Å². The zero-order valence-electron chi connectivity index (χ0n) is 9.55. The smallest absolute Gasteiger partial charge is 0.399 e. The third-order valence-electron chi connectivity index (χ3n) is 2.24. The van der Waals surface area contributed by atoms with Gasteiger partial charge in [0.1, 0.15) is 0 Å². The molecular formula is C12H13F3N2. The Hall–Kier alpha value is -1.78. The monoisotopic (exact) mass is 242 g/mol. The average molecular weight is 242 g/mol. The molecule has 17 heavy (non-hydrogen) atoms. The van der Waals surface area contributed by atoms with Crippen molar-refractivity contribution >= 4 is 17.5 Å². The number of anilines is 1. The maximum atomic E-state index is 12.7. The van der Waals surface area contributed by atoms with Gasteiger partial charge in [-0.15, -0.1) is 0 Å². The van der Waals surface area contributed by atoms with Gasteiger partial charge in [0.2, 0.25) is 0 Å². The first-order valence-corrected chi connectivity index (χ1v) is 4.93. The quantitative estimate of drug-likeness (QED) is 0.626. The van der Waals surface area contributed by atoms with Crippen LogP contribution >= 0.6 is 0 Å². The lowest BCUT2D eigenvalue weighted by molar-refractivity contribution is -0.137. The second kappa shape index (κ2) is 5.03. The van der Waals surface area contributed by atoms with Gasteiger partial charge in [-0.2, -0.15) is 13.2 Å². The number of rotatable bonds is 2. The number of halogens is 3. The minimum Gasteiger partial charge on any atom is -0.399 e. The van der Waals surface area contributed by atoms with Crippen LogP contribution in [0.25, 0.3) is 6.08 Å². The van der Waals surface area contributed by atoms with Gasteiger partial charge in [0, 0.05) is 18.4 Å². The summed E-state index contributed by atoms with van der Waals surface area (Å²) < 4.78 is 38.0. The van der Waals surface area contributed by atoms with Gasteiger partial charge in [-0.05, 0) is 36.8 Å². The summed E-state index contributed by atoms with van der Waals surface area (Å²) in [5.74, 6) is 0. The van der Waals surface area contributed by atoms with Crippen LogP contribution in [0.15, 0.2) is 29.3 Å². The van der Waals surface area contributed by atoms with Crippen LogP contribution in [-0.2, 0) is 6.18 Å². The van der Waals surface area contributed by atoms with Crippen molar-refractivity contribution in [3.63, 3.8) is 0 Å². The molecule has 0 aromatic heterocycles. The predicted octanol–water partition coefficient (Wildman–Crippen LogP) is 3.39. The maximum absolute atomic E-state index is 12.7. The lowest BCUT2D eigenvalue weighted by Gasteiger charge is -2.10. The molecule has 1 aromatic rings. The fourth-order valence-electron chi connectivity index (χ4n) is 1.26. The van der Waals surface area contributed by atoms with Crippen molar-refractivity contribution in [2.45, 2.75) is 13.1 Å². The molecule has 0 radical (unpaired) electrons. The second-order valence-electron chi connectivity index (χ2n) is 3.54. The molecule has 0 saturated heterocycles. The first-order chi connectivity index (χ1) is 7.84. The van der Waals surface area contributed by atoms with Gasteiger partial charge in [0.25, 0.3) is 0 Å². The SMILES string of the molecule is CN=C(C)/C=C\c1cc(N)ccc1C(F)(F)F. The lowest BCUT2D eigenvalue weighted by Crippen LogP contribution is -2.07. The molecule has 1 rings (SSSR count). The van der Waals surface area contributed by atoms with Gasteiger partial charge in [-0.1, -0.05) is 6.08 Å². The molecule has 0 amide bonds. The van der Waals surface area contributed by atoms with Crippen molar-refractivity contribution in [1.82, 2.24) is 0 Å². The number of aliphatic imine (C=N–C) groups is 1. The van der Waals surface area contributed by atoms with E-state index in [0.29, 0.717) is 11.4 Å². The largest absolute Gasteiger partial charge is 0.416 e. The second-order valence-corrected chi connectivity index (χ2v) is 3.54. The molecule has 5 heteroatoms. The summed E-state index contributed by atoms with van der Waals surface area (Å²) in [5.41, 5.74) is 5.75. The van der Waals surface area contributed by atoms with Crippen LogP contribution in [0.3, 0.4) is 0 Å². The Labute approximate surface area is 97.7 Å². The van der Waals surface area contributed by atoms with E-state index in [0.717, 1.165) is 6.07 Å². The van der Waals surface area contributed by atoms with Crippen LogP contribution in [0, 0.1) is 0 Å². The third kappa shape index (κ3) is 3.62. The Bertz CT molecular complexity index is 459. The van der Waals surface area contributed by atoms with E-state index in [1.54, 1.807) is 14.0 Å². The van der Waals surface area contributed by atoms with Gasteiger partial charge in [0.15, 0.2) is 0 Å². The van der Waals surface area contributed by atoms with E-state index in [-0.39, 0.29) is 5.56 Å². The molecular weight excluding hydrogens is 229 g/mol. The molecule has 0 bridgehead atoms. The molecule has 1 aromatic carbocycles. The molecule has 2 N–H and O–H groups in total. The standard InChI is InChI=1S/C12H13F3N2/c1-8(17-2)3-4-9-7-10(16)5-6-11(9)12(13,14)15/h3-7H,16H2,1-2H3/b4-3-,17-8?. The molecule has 0 atom stereocenters. The molecule has 0 aliphatic carbocycles. The molecule has 0 aliphatic rings. The van der Waals surface area contributed by atoms with Crippen LogP contribution in [0.4, 0.5) is 18.9 Å². The summed E-state index contributed by atoms with van der Waals surface area (Å²) in [5, 5.41) is 0. The van der Waals surface area contributed by atoms with Crippen molar-refractivity contribution < 1.29 is 13.2 Å². The van der Waals surface area contributed by atoms with Crippen molar-refractivity contribution in [2.24, 2.45) is 4.99 Å². The van der Waals surface area contributed by atoms with E-state index >= 15 is 0 Å². The summed E-state index contributed by atoms with van der Waals surface area (Å²) in [7, 11) is 1.57. The van der Waals surface area contributed by atoms with E-state index in [2.05, 4.69) is 4.99 Å². The van der Waals surface area contributed by atoms with Crippen LogP contribution in [0.2, 0.25) is 0 Å². The summed E-state index contributed by atoms with van der Waals surface area (Å²) in [4.78, 5) is 3.84. The Morgan fingerprint density at radius 3 is 2.53 bits per heavy atom. The highest BCUT2D eigenvalue weighted by Crippen LogP contribution is 2.33. The number of allylic oxidation sites excluding steroid dienone is 1. The number of benzene rings is 1. The molecule has 2 nitrogen and oxygen atoms in total. The van der Waals surface area contributed by atoms with E-state index in [4.69, 9.17) is 5.73 Å². The number of nitrogens with zero attached hydrogens (tertiary/aromatic N) is 1. The molecule has 0 heterocycles. The highest BCUT2D eigenvalue weighted by molar-refractivity contribution is 5.96. The normalized spacial score (nSPS) is 13.4. The number of hydrogen-bond donors (Lipinski definition) is 1. The Morgan fingerprint density at radius 1 is 1.35 bits per heavy atom. The summed E-state index contributed by atoms with van der Waals surface area (Å²) >= 11 is 0. The number of nitrogens with two attached hydrogens (primary N) is 1. The molecule has 0 saturated carbocycles. The minimum atomic E-state index is -4.38. The zero-order chi connectivity index (χ0) is 13.1. The van der Waals surface area contributed by atoms with Crippen LogP contribution < -0.4 is 5.73 Å².